The minimum atomic E-state index is 0. The molecule has 2 N–H and O–H groups in total. The minimum absolute atomic E-state index is 0. The maximum atomic E-state index is 4.92. The Morgan fingerprint density at radius 1 is 0.700 bits per heavy atom. The van der Waals surface area contributed by atoms with Crippen LogP contribution < -0.4 is 0 Å². The Hall–Kier alpha value is -0.160. The molecule has 0 aliphatic carbocycles. The Bertz CT molecular complexity index is 330. The molecule has 0 aliphatic rings. The molecule has 0 amide bonds. The molecule has 3 nitrogen and oxygen atoms in total. The van der Waals surface area contributed by atoms with Crippen molar-refractivity contribution in [3.63, 3.8) is 0 Å². The zero-order valence-electron chi connectivity index (χ0n) is 12.1. The van der Waals surface area contributed by atoms with Crippen LogP contribution in [0.5, 0.6) is 0 Å². The van der Waals surface area contributed by atoms with Crippen molar-refractivity contribution in [3.8, 4) is 0 Å². The van der Waals surface area contributed by atoms with Crippen LogP contribution in [0.4, 0.5) is 0 Å². The first-order chi connectivity index (χ1) is 8.86. The van der Waals surface area contributed by atoms with Crippen LogP contribution in [-0.4, -0.2) is 32.9 Å². The monoisotopic (exact) mass is 429 g/mol. The van der Waals surface area contributed by atoms with Crippen LogP contribution in [0.3, 0.4) is 0 Å². The van der Waals surface area contributed by atoms with Crippen molar-refractivity contribution in [2.75, 3.05) is 27.4 Å². The molecule has 1 radical (unpaired) electrons. The number of rotatable bonds is 6. The molecular formula is C16H24HoO3-2. The predicted octanol–water partition coefficient (Wildman–Crippen LogP) is 2.36. The van der Waals surface area contributed by atoms with E-state index in [4.69, 9.17) is 9.47 Å². The van der Waals surface area contributed by atoms with E-state index >= 15 is 0 Å². The Labute approximate surface area is 151 Å². The molecule has 2 aromatic carbocycles. The van der Waals surface area contributed by atoms with Gasteiger partial charge in [0.2, 0.25) is 0 Å². The van der Waals surface area contributed by atoms with Crippen molar-refractivity contribution >= 4 is 0 Å². The molecule has 4 heteroatoms. The molecule has 0 atom stereocenters. The molecule has 0 bridgehead atoms. The summed E-state index contributed by atoms with van der Waals surface area (Å²) < 4.78 is 9.83. The van der Waals surface area contributed by atoms with Crippen molar-refractivity contribution in [3.05, 3.63) is 59.7 Å². The number of hydrogen-bond acceptors (Lipinski definition) is 2. The van der Waals surface area contributed by atoms with E-state index in [2.05, 4.69) is 24.3 Å². The molecule has 0 heterocycles. The second-order valence-corrected chi connectivity index (χ2v) is 4.07. The molecule has 0 fully saturated rings. The summed E-state index contributed by atoms with van der Waals surface area (Å²) in [5.41, 5.74) is 2.72. The van der Waals surface area contributed by atoms with Gasteiger partial charge in [0, 0.05) is 65.2 Å². The van der Waals surface area contributed by atoms with Gasteiger partial charge in [0.1, 0.15) is 0 Å². The zero-order chi connectivity index (χ0) is 13.1. The predicted molar refractivity (Wildman–Crippen MR) is 78.8 cm³/mol. The normalized spacial score (nSPS) is 8.90. The van der Waals surface area contributed by atoms with Crippen LogP contribution >= 0.6 is 0 Å². The fourth-order valence-electron chi connectivity index (χ4n) is 1.60. The average Bonchev–Trinajstić information content (AvgIpc) is 3.07. The van der Waals surface area contributed by atoms with Gasteiger partial charge in [-0.15, -0.1) is 0 Å². The summed E-state index contributed by atoms with van der Waals surface area (Å²) in [7, 11) is 3.45. The molecule has 2 rings (SSSR count). The fourth-order valence-corrected chi connectivity index (χ4v) is 1.60. The van der Waals surface area contributed by atoms with Gasteiger partial charge in [-0.1, -0.05) is 12.8 Å². The molecule has 0 unspecified atom stereocenters. The summed E-state index contributed by atoms with van der Waals surface area (Å²) in [6, 6.07) is 16.6. The Morgan fingerprint density at radius 3 is 1.25 bits per heavy atom. The van der Waals surface area contributed by atoms with E-state index in [9.17, 15) is 0 Å². The van der Waals surface area contributed by atoms with Crippen LogP contribution in [-0.2, 0) is 22.3 Å². The molecule has 0 spiro atoms. The second-order valence-electron chi connectivity index (χ2n) is 4.07. The maximum absolute atomic E-state index is 4.92. The van der Waals surface area contributed by atoms with Crippen molar-refractivity contribution in [2.24, 2.45) is 0 Å². The van der Waals surface area contributed by atoms with Crippen LogP contribution in [0, 0.1) is 37.7 Å². The van der Waals surface area contributed by atoms with Gasteiger partial charge in [-0.05, 0) is 0 Å². The van der Waals surface area contributed by atoms with Crippen molar-refractivity contribution in [1.29, 1.82) is 0 Å². The Kier molecular flexibility index (Phi) is 16.9. The molecule has 0 saturated heterocycles. The Balaban J connectivity index is 0. The van der Waals surface area contributed by atoms with Crippen LogP contribution in [0.15, 0.2) is 48.5 Å². The Morgan fingerprint density at radius 2 is 1.00 bits per heavy atom. The summed E-state index contributed by atoms with van der Waals surface area (Å²) in [6.45, 7) is 1.65. The molecule has 2 aromatic rings. The first-order valence-corrected chi connectivity index (χ1v) is 6.26. The SMILES string of the molecule is COCC[c-]1cccc1.COCC[c-]1cccc1.O.[Ho]. The second kappa shape index (κ2) is 15.2. The van der Waals surface area contributed by atoms with Gasteiger partial charge in [-0.2, -0.15) is 35.4 Å². The van der Waals surface area contributed by atoms with Crippen LogP contribution in [0.1, 0.15) is 11.1 Å². The molecule has 0 saturated carbocycles. The molecule has 0 aliphatic heterocycles. The largest absolute Gasteiger partial charge is 0.412 e. The van der Waals surface area contributed by atoms with E-state index in [1.54, 1.807) is 14.2 Å². The first kappa shape index (κ1) is 22.1. The van der Waals surface area contributed by atoms with Gasteiger partial charge in [-0.3, -0.25) is 0 Å². The van der Waals surface area contributed by atoms with Gasteiger partial charge in [-0.25, -0.2) is 24.3 Å². The van der Waals surface area contributed by atoms with Crippen LogP contribution in [0.25, 0.3) is 0 Å². The molecule has 20 heavy (non-hydrogen) atoms. The quantitative estimate of drug-likeness (QED) is 0.523. The number of ether oxygens (including phenoxy) is 2. The molecular weight excluding hydrogens is 405 g/mol. The maximum Gasteiger partial charge on any atom is 0.0398 e. The summed E-state index contributed by atoms with van der Waals surface area (Å²) >= 11 is 0. The summed E-state index contributed by atoms with van der Waals surface area (Å²) in [5.74, 6) is 0. The average molecular weight is 429 g/mol. The van der Waals surface area contributed by atoms with E-state index < -0.39 is 0 Å². The van der Waals surface area contributed by atoms with Gasteiger partial charge < -0.3 is 14.9 Å². The number of methoxy groups -OCH3 is 2. The smallest absolute Gasteiger partial charge is 0.0398 e. The fraction of sp³-hybridized carbons (Fsp3) is 0.375. The zero-order valence-corrected chi connectivity index (χ0v) is 14.0. The van der Waals surface area contributed by atoms with E-state index in [1.165, 1.54) is 11.1 Å². The third-order valence-electron chi connectivity index (χ3n) is 2.65. The van der Waals surface area contributed by atoms with Crippen molar-refractivity contribution < 1.29 is 52.7 Å². The van der Waals surface area contributed by atoms with Gasteiger partial charge in [0.15, 0.2) is 0 Å². The third kappa shape index (κ3) is 10.6. The van der Waals surface area contributed by atoms with Crippen molar-refractivity contribution in [2.45, 2.75) is 12.8 Å². The van der Waals surface area contributed by atoms with E-state index in [1.807, 2.05) is 24.3 Å². The van der Waals surface area contributed by atoms with E-state index in [0.29, 0.717) is 0 Å². The standard InChI is InChI=1S/2C8H11O.Ho.H2O/c2*1-9-7-6-8-4-2-3-5-8;;/h2*2-5H,6-7H2,1H3;;1H2/q2*-1;;. The summed E-state index contributed by atoms with van der Waals surface area (Å²) in [6.07, 6.45) is 2.06. The van der Waals surface area contributed by atoms with Gasteiger partial charge in [0.05, 0.1) is 0 Å². The summed E-state index contributed by atoms with van der Waals surface area (Å²) in [5, 5.41) is 0. The van der Waals surface area contributed by atoms with Gasteiger partial charge in [0.25, 0.3) is 0 Å². The van der Waals surface area contributed by atoms with Crippen LogP contribution in [0.2, 0.25) is 0 Å². The van der Waals surface area contributed by atoms with E-state index in [0.717, 1.165) is 26.1 Å². The molecule has 0 aromatic heterocycles. The third-order valence-corrected chi connectivity index (χ3v) is 2.65. The topological polar surface area (TPSA) is 50.0 Å². The number of hydrogen-bond donors (Lipinski definition) is 0. The minimum Gasteiger partial charge on any atom is -0.412 e. The first-order valence-electron chi connectivity index (χ1n) is 6.26. The van der Waals surface area contributed by atoms with Crippen molar-refractivity contribution in [1.82, 2.24) is 0 Å². The molecule has 119 valence electrons. The van der Waals surface area contributed by atoms with E-state index in [-0.39, 0.29) is 43.2 Å². The van der Waals surface area contributed by atoms with Gasteiger partial charge >= 0.3 is 0 Å². The summed E-state index contributed by atoms with van der Waals surface area (Å²) in [4.78, 5) is 0.